The molecule has 2 aromatic heterocycles. The van der Waals surface area contributed by atoms with Gasteiger partial charge in [0.25, 0.3) is 0 Å². The third-order valence-electron chi connectivity index (χ3n) is 5.38. The molecule has 0 radical (unpaired) electrons. The van der Waals surface area contributed by atoms with Gasteiger partial charge in [0, 0.05) is 37.4 Å². The van der Waals surface area contributed by atoms with Gasteiger partial charge in [0.1, 0.15) is 17.2 Å². The maximum atomic E-state index is 13.8. The number of amides is 2. The number of rotatable bonds is 9. The Bertz CT molecular complexity index is 1110. The molecule has 1 atom stereocenters. The molecule has 0 fully saturated rings. The van der Waals surface area contributed by atoms with E-state index in [0.29, 0.717) is 25.9 Å². The number of hydrogen-bond donors (Lipinski definition) is 1. The fourth-order valence-corrected chi connectivity index (χ4v) is 3.85. The standard InChI is InChI=1S/C26H36N4O4/c1-18(2)15-30(16-19-7-10-23-20(13-19)11-12-33-23)24(31)22(28-25(32)34-26(3,4)5)9-8-21-14-27-17-29(21)6/h7,10-14,17-18,22H,8-9,15-16H2,1-6H3,(H,28,32)/t22-/m0/s1. The number of aryl methyl sites for hydroxylation is 2. The van der Waals surface area contributed by atoms with E-state index < -0.39 is 17.7 Å². The van der Waals surface area contributed by atoms with Gasteiger partial charge in [-0.05, 0) is 63.3 Å². The van der Waals surface area contributed by atoms with Gasteiger partial charge in [-0.15, -0.1) is 0 Å². The van der Waals surface area contributed by atoms with Crippen LogP contribution in [0.25, 0.3) is 11.0 Å². The summed E-state index contributed by atoms with van der Waals surface area (Å²) >= 11 is 0. The lowest BCUT2D eigenvalue weighted by molar-refractivity contribution is -0.134. The monoisotopic (exact) mass is 468 g/mol. The minimum absolute atomic E-state index is 0.131. The molecule has 0 saturated heterocycles. The summed E-state index contributed by atoms with van der Waals surface area (Å²) in [5.74, 6) is 0.134. The third-order valence-corrected chi connectivity index (χ3v) is 5.38. The molecular weight excluding hydrogens is 432 g/mol. The zero-order valence-corrected chi connectivity index (χ0v) is 21.0. The van der Waals surface area contributed by atoms with E-state index in [1.165, 1.54) is 0 Å². The van der Waals surface area contributed by atoms with E-state index >= 15 is 0 Å². The predicted molar refractivity (Wildman–Crippen MR) is 131 cm³/mol. The molecular formula is C26H36N4O4. The van der Waals surface area contributed by atoms with Crippen LogP contribution in [0.1, 0.15) is 52.3 Å². The number of imidazole rings is 1. The van der Waals surface area contributed by atoms with Gasteiger partial charge in [0.15, 0.2) is 0 Å². The van der Waals surface area contributed by atoms with Crippen molar-refractivity contribution < 1.29 is 18.7 Å². The Morgan fingerprint density at radius 3 is 2.65 bits per heavy atom. The molecule has 1 aromatic carbocycles. The molecule has 0 aliphatic heterocycles. The Balaban J connectivity index is 1.81. The first-order valence-corrected chi connectivity index (χ1v) is 11.7. The molecule has 0 spiro atoms. The van der Waals surface area contributed by atoms with Crippen molar-refractivity contribution in [3.05, 3.63) is 54.3 Å². The van der Waals surface area contributed by atoms with Crippen LogP contribution in [-0.2, 0) is 29.5 Å². The summed E-state index contributed by atoms with van der Waals surface area (Å²) in [6, 6.07) is 7.11. The summed E-state index contributed by atoms with van der Waals surface area (Å²) in [6.07, 6.45) is 5.60. The molecule has 0 unspecified atom stereocenters. The van der Waals surface area contributed by atoms with Crippen LogP contribution in [-0.4, -0.2) is 44.6 Å². The van der Waals surface area contributed by atoms with Crippen LogP contribution in [0, 0.1) is 5.92 Å². The first-order chi connectivity index (χ1) is 16.0. The van der Waals surface area contributed by atoms with Crippen LogP contribution in [0.2, 0.25) is 0 Å². The Morgan fingerprint density at radius 1 is 1.24 bits per heavy atom. The Labute approximate surface area is 201 Å². The number of benzene rings is 1. The Hall–Kier alpha value is -3.29. The fraction of sp³-hybridized carbons (Fsp3) is 0.500. The van der Waals surface area contributed by atoms with Gasteiger partial charge in [-0.2, -0.15) is 0 Å². The van der Waals surface area contributed by atoms with Crippen LogP contribution >= 0.6 is 0 Å². The van der Waals surface area contributed by atoms with Gasteiger partial charge in [0.2, 0.25) is 5.91 Å². The predicted octanol–water partition coefficient (Wildman–Crippen LogP) is 4.68. The van der Waals surface area contributed by atoms with Crippen LogP contribution in [0.5, 0.6) is 0 Å². The van der Waals surface area contributed by atoms with E-state index in [1.54, 1.807) is 39.6 Å². The lowest BCUT2D eigenvalue weighted by Gasteiger charge is -2.30. The number of carbonyl (C=O) groups is 2. The van der Waals surface area contributed by atoms with Crippen molar-refractivity contribution in [1.29, 1.82) is 0 Å². The molecule has 2 amide bonds. The summed E-state index contributed by atoms with van der Waals surface area (Å²) < 4.78 is 12.8. The number of hydrogen-bond acceptors (Lipinski definition) is 5. The zero-order chi connectivity index (χ0) is 24.9. The topological polar surface area (TPSA) is 89.6 Å². The molecule has 8 nitrogen and oxygen atoms in total. The molecule has 184 valence electrons. The van der Waals surface area contributed by atoms with Gasteiger partial charge in [-0.25, -0.2) is 9.78 Å². The Kier molecular flexibility index (Phi) is 8.02. The molecule has 2 heterocycles. The Morgan fingerprint density at radius 2 is 2.00 bits per heavy atom. The highest BCUT2D eigenvalue weighted by molar-refractivity contribution is 5.86. The maximum Gasteiger partial charge on any atom is 0.408 e. The smallest absolute Gasteiger partial charge is 0.408 e. The molecule has 34 heavy (non-hydrogen) atoms. The van der Waals surface area contributed by atoms with Crippen LogP contribution in [0.4, 0.5) is 4.79 Å². The van der Waals surface area contributed by atoms with Crippen molar-refractivity contribution in [1.82, 2.24) is 19.8 Å². The largest absolute Gasteiger partial charge is 0.464 e. The highest BCUT2D eigenvalue weighted by Gasteiger charge is 2.29. The number of aromatic nitrogens is 2. The molecule has 8 heteroatoms. The fourth-order valence-electron chi connectivity index (χ4n) is 3.85. The normalized spacial score (nSPS) is 12.7. The maximum absolute atomic E-state index is 13.8. The van der Waals surface area contributed by atoms with Crippen molar-refractivity contribution >= 4 is 23.0 Å². The van der Waals surface area contributed by atoms with Gasteiger partial charge < -0.3 is 23.9 Å². The number of carbonyl (C=O) groups excluding carboxylic acids is 2. The van der Waals surface area contributed by atoms with Gasteiger partial charge in [0.05, 0.1) is 12.6 Å². The number of fused-ring (bicyclic) bond motifs is 1. The molecule has 1 N–H and O–H groups in total. The van der Waals surface area contributed by atoms with Crippen molar-refractivity contribution in [3.63, 3.8) is 0 Å². The number of furan rings is 1. The molecule has 0 aliphatic carbocycles. The van der Waals surface area contributed by atoms with Crippen molar-refractivity contribution in [2.24, 2.45) is 13.0 Å². The lowest BCUT2D eigenvalue weighted by atomic mass is 10.1. The quantitative estimate of drug-likeness (QED) is 0.493. The summed E-state index contributed by atoms with van der Waals surface area (Å²) in [4.78, 5) is 32.3. The van der Waals surface area contributed by atoms with E-state index in [1.807, 2.05) is 40.8 Å². The number of alkyl carbamates (subject to hydrolysis) is 1. The SMILES string of the molecule is CC(C)CN(Cc1ccc2occc2c1)C(=O)[C@H](CCc1cncn1C)NC(=O)OC(C)(C)C. The van der Waals surface area contributed by atoms with Crippen LogP contribution < -0.4 is 5.32 Å². The van der Waals surface area contributed by atoms with Gasteiger partial charge >= 0.3 is 6.09 Å². The zero-order valence-electron chi connectivity index (χ0n) is 21.0. The summed E-state index contributed by atoms with van der Waals surface area (Å²) in [5, 5.41) is 3.82. The van der Waals surface area contributed by atoms with E-state index in [-0.39, 0.29) is 11.8 Å². The molecule has 0 saturated carbocycles. The van der Waals surface area contributed by atoms with Gasteiger partial charge in [-0.1, -0.05) is 19.9 Å². The molecule has 3 aromatic rings. The van der Waals surface area contributed by atoms with E-state index in [2.05, 4.69) is 24.1 Å². The lowest BCUT2D eigenvalue weighted by Crippen LogP contribution is -2.50. The average Bonchev–Trinajstić information content (AvgIpc) is 3.36. The van der Waals surface area contributed by atoms with Crippen molar-refractivity contribution in [3.8, 4) is 0 Å². The van der Waals surface area contributed by atoms with Gasteiger partial charge in [-0.3, -0.25) is 4.79 Å². The highest BCUT2D eigenvalue weighted by Crippen LogP contribution is 2.20. The minimum Gasteiger partial charge on any atom is -0.464 e. The third kappa shape index (κ3) is 7.10. The van der Waals surface area contributed by atoms with E-state index in [4.69, 9.17) is 9.15 Å². The van der Waals surface area contributed by atoms with Crippen molar-refractivity contribution in [2.75, 3.05) is 6.54 Å². The first-order valence-electron chi connectivity index (χ1n) is 11.7. The molecule has 3 rings (SSSR count). The number of ether oxygens (including phenoxy) is 1. The van der Waals surface area contributed by atoms with Crippen molar-refractivity contribution in [2.45, 2.75) is 65.6 Å². The second-order valence-corrected chi connectivity index (χ2v) is 10.1. The number of nitrogens with one attached hydrogen (secondary N) is 1. The highest BCUT2D eigenvalue weighted by atomic mass is 16.6. The first kappa shape index (κ1) is 25.3. The van der Waals surface area contributed by atoms with Crippen LogP contribution in [0.15, 0.2) is 47.5 Å². The minimum atomic E-state index is -0.721. The average molecular weight is 469 g/mol. The summed E-state index contributed by atoms with van der Waals surface area (Å²) in [7, 11) is 1.91. The molecule has 0 bridgehead atoms. The summed E-state index contributed by atoms with van der Waals surface area (Å²) in [6.45, 7) is 10.6. The number of nitrogens with zero attached hydrogens (tertiary/aromatic N) is 3. The molecule has 0 aliphatic rings. The van der Waals surface area contributed by atoms with E-state index in [9.17, 15) is 9.59 Å². The van der Waals surface area contributed by atoms with E-state index in [0.717, 1.165) is 22.2 Å². The summed E-state index contributed by atoms with van der Waals surface area (Å²) in [5.41, 5.74) is 2.15. The van der Waals surface area contributed by atoms with Crippen LogP contribution in [0.3, 0.4) is 0 Å². The second-order valence-electron chi connectivity index (χ2n) is 10.1. The second kappa shape index (κ2) is 10.8.